The number of nitrogens with zero attached hydrogens (tertiary/aromatic N) is 1. The van der Waals surface area contributed by atoms with E-state index in [4.69, 9.17) is 10.2 Å². The van der Waals surface area contributed by atoms with Crippen molar-refractivity contribution >= 4 is 16.9 Å². The molecule has 0 unspecified atom stereocenters. The van der Waals surface area contributed by atoms with E-state index < -0.39 is 5.97 Å². The summed E-state index contributed by atoms with van der Waals surface area (Å²) in [5.74, 6) is -0.987. The Kier molecular flexibility index (Phi) is 7.01. The van der Waals surface area contributed by atoms with E-state index in [1.807, 2.05) is 18.2 Å². The topological polar surface area (TPSA) is 70.4 Å². The minimum absolute atomic E-state index is 0.0949. The molecule has 1 aromatic carbocycles. The quantitative estimate of drug-likeness (QED) is 0.645. The Morgan fingerprint density at radius 1 is 0.913 bits per heavy atom. The van der Waals surface area contributed by atoms with Crippen LogP contribution in [-0.2, 0) is 6.42 Å². The van der Waals surface area contributed by atoms with Gasteiger partial charge in [-0.1, -0.05) is 50.3 Å². The van der Waals surface area contributed by atoms with E-state index in [1.165, 1.54) is 31.2 Å². The SMILES string of the molecule is O=C(O)c1ccc2ccc(CCCCCCCCCO)cc2n1. The second-order valence-corrected chi connectivity index (χ2v) is 5.98. The van der Waals surface area contributed by atoms with Crippen LogP contribution in [0.2, 0.25) is 0 Å². The second kappa shape index (κ2) is 9.26. The lowest BCUT2D eigenvalue weighted by Crippen LogP contribution is -2.00. The van der Waals surface area contributed by atoms with Gasteiger partial charge in [0.25, 0.3) is 0 Å². The van der Waals surface area contributed by atoms with E-state index in [2.05, 4.69) is 11.1 Å². The molecule has 0 amide bonds. The van der Waals surface area contributed by atoms with Crippen LogP contribution >= 0.6 is 0 Å². The zero-order valence-corrected chi connectivity index (χ0v) is 13.5. The van der Waals surface area contributed by atoms with Crippen LogP contribution in [0.25, 0.3) is 10.9 Å². The third-order valence-corrected chi connectivity index (χ3v) is 4.10. The first-order valence-electron chi connectivity index (χ1n) is 8.44. The summed E-state index contributed by atoms with van der Waals surface area (Å²) in [4.78, 5) is 15.2. The Morgan fingerprint density at radius 3 is 2.26 bits per heavy atom. The molecule has 0 spiro atoms. The molecule has 0 fully saturated rings. The number of aliphatic hydroxyl groups excluding tert-OH is 1. The van der Waals surface area contributed by atoms with Crippen molar-refractivity contribution in [2.24, 2.45) is 0 Å². The third-order valence-electron chi connectivity index (χ3n) is 4.10. The number of aliphatic hydroxyl groups is 1. The van der Waals surface area contributed by atoms with Gasteiger partial charge < -0.3 is 10.2 Å². The number of aromatic carboxylic acids is 1. The number of carboxylic acid groups (broad SMARTS) is 1. The fourth-order valence-corrected chi connectivity index (χ4v) is 2.76. The Morgan fingerprint density at radius 2 is 1.57 bits per heavy atom. The standard InChI is InChI=1S/C19H25NO3/c21-13-7-5-3-1-2-4-6-8-15-9-10-16-11-12-17(19(22)23)20-18(16)14-15/h9-12,14,21H,1-8,13H2,(H,22,23). The van der Waals surface area contributed by atoms with E-state index in [1.54, 1.807) is 6.07 Å². The van der Waals surface area contributed by atoms with E-state index in [0.717, 1.165) is 36.6 Å². The third kappa shape index (κ3) is 5.64. The summed E-state index contributed by atoms with van der Waals surface area (Å²) in [5, 5.41) is 18.7. The maximum absolute atomic E-state index is 11.0. The summed E-state index contributed by atoms with van der Waals surface area (Å²) in [7, 11) is 0. The molecule has 0 aliphatic heterocycles. The van der Waals surface area contributed by atoms with Crippen LogP contribution in [0.15, 0.2) is 30.3 Å². The maximum Gasteiger partial charge on any atom is 0.354 e. The molecule has 0 radical (unpaired) electrons. The summed E-state index contributed by atoms with van der Waals surface area (Å²) in [6.07, 6.45) is 9.08. The van der Waals surface area contributed by atoms with E-state index in [-0.39, 0.29) is 5.69 Å². The number of rotatable bonds is 10. The lowest BCUT2D eigenvalue weighted by Gasteiger charge is -2.05. The molecule has 0 bridgehead atoms. The minimum Gasteiger partial charge on any atom is -0.477 e. The van der Waals surface area contributed by atoms with Crippen molar-refractivity contribution in [3.63, 3.8) is 0 Å². The van der Waals surface area contributed by atoms with Crippen LogP contribution in [-0.4, -0.2) is 27.8 Å². The monoisotopic (exact) mass is 315 g/mol. The van der Waals surface area contributed by atoms with Crippen molar-refractivity contribution in [2.45, 2.75) is 51.4 Å². The van der Waals surface area contributed by atoms with Gasteiger partial charge in [-0.25, -0.2) is 9.78 Å². The van der Waals surface area contributed by atoms with Gasteiger partial charge in [-0.15, -0.1) is 0 Å². The number of fused-ring (bicyclic) bond motifs is 1. The number of unbranched alkanes of at least 4 members (excludes halogenated alkanes) is 6. The van der Waals surface area contributed by atoms with Crippen LogP contribution in [0.4, 0.5) is 0 Å². The Bertz CT molecular complexity index is 640. The predicted molar refractivity (Wildman–Crippen MR) is 91.8 cm³/mol. The molecule has 1 aromatic heterocycles. The summed E-state index contributed by atoms with van der Waals surface area (Å²) < 4.78 is 0. The van der Waals surface area contributed by atoms with Crippen molar-refractivity contribution in [3.05, 3.63) is 41.6 Å². The normalized spacial score (nSPS) is 11.0. The van der Waals surface area contributed by atoms with Gasteiger partial charge in [0.2, 0.25) is 0 Å². The molecule has 2 rings (SSSR count). The molecule has 2 aromatic rings. The summed E-state index contributed by atoms with van der Waals surface area (Å²) in [5.41, 5.74) is 2.07. The zero-order chi connectivity index (χ0) is 16.5. The van der Waals surface area contributed by atoms with Crippen LogP contribution in [0.3, 0.4) is 0 Å². The molecule has 0 aliphatic rings. The highest BCUT2D eigenvalue weighted by Gasteiger charge is 2.06. The minimum atomic E-state index is -0.987. The first-order chi connectivity index (χ1) is 11.2. The number of hydrogen-bond donors (Lipinski definition) is 2. The fraction of sp³-hybridized carbons (Fsp3) is 0.474. The summed E-state index contributed by atoms with van der Waals surface area (Å²) >= 11 is 0. The lowest BCUT2D eigenvalue weighted by molar-refractivity contribution is 0.0691. The van der Waals surface area contributed by atoms with E-state index >= 15 is 0 Å². The first-order valence-corrected chi connectivity index (χ1v) is 8.44. The molecular formula is C19H25NO3. The molecular weight excluding hydrogens is 290 g/mol. The molecule has 0 saturated heterocycles. The van der Waals surface area contributed by atoms with Crippen molar-refractivity contribution in [2.75, 3.05) is 6.61 Å². The van der Waals surface area contributed by atoms with Gasteiger partial charge in [0.05, 0.1) is 5.52 Å². The number of aryl methyl sites for hydroxylation is 1. The number of carbonyl (C=O) groups is 1. The molecule has 4 heteroatoms. The van der Waals surface area contributed by atoms with Gasteiger partial charge in [-0.2, -0.15) is 0 Å². The lowest BCUT2D eigenvalue weighted by atomic mass is 10.0. The Hall–Kier alpha value is -1.94. The van der Waals surface area contributed by atoms with Crippen LogP contribution in [0.1, 0.15) is 61.0 Å². The van der Waals surface area contributed by atoms with Gasteiger partial charge in [0, 0.05) is 12.0 Å². The van der Waals surface area contributed by atoms with Crippen molar-refractivity contribution < 1.29 is 15.0 Å². The van der Waals surface area contributed by atoms with Crippen molar-refractivity contribution in [1.29, 1.82) is 0 Å². The summed E-state index contributed by atoms with van der Waals surface area (Å²) in [6, 6.07) is 9.47. The Balaban J connectivity index is 1.80. The van der Waals surface area contributed by atoms with Gasteiger partial charge >= 0.3 is 5.97 Å². The van der Waals surface area contributed by atoms with Gasteiger partial charge in [0.15, 0.2) is 0 Å². The van der Waals surface area contributed by atoms with E-state index in [0.29, 0.717) is 6.61 Å². The average molecular weight is 315 g/mol. The summed E-state index contributed by atoms with van der Waals surface area (Å²) in [6.45, 7) is 0.305. The first kappa shape index (κ1) is 17.4. The fourth-order valence-electron chi connectivity index (χ4n) is 2.76. The number of aromatic nitrogens is 1. The number of carboxylic acids is 1. The highest BCUT2D eigenvalue weighted by atomic mass is 16.4. The molecule has 0 atom stereocenters. The van der Waals surface area contributed by atoms with E-state index in [9.17, 15) is 4.79 Å². The number of hydrogen-bond acceptors (Lipinski definition) is 3. The zero-order valence-electron chi connectivity index (χ0n) is 13.5. The molecule has 23 heavy (non-hydrogen) atoms. The number of benzene rings is 1. The van der Waals surface area contributed by atoms with Crippen LogP contribution in [0.5, 0.6) is 0 Å². The molecule has 0 aliphatic carbocycles. The molecule has 4 nitrogen and oxygen atoms in total. The molecule has 124 valence electrons. The molecule has 1 heterocycles. The molecule has 2 N–H and O–H groups in total. The van der Waals surface area contributed by atoms with Crippen molar-refractivity contribution in [3.8, 4) is 0 Å². The van der Waals surface area contributed by atoms with Gasteiger partial charge in [0.1, 0.15) is 5.69 Å². The second-order valence-electron chi connectivity index (χ2n) is 5.98. The Labute approximate surface area is 137 Å². The van der Waals surface area contributed by atoms with Crippen molar-refractivity contribution in [1.82, 2.24) is 4.98 Å². The van der Waals surface area contributed by atoms with Crippen LogP contribution in [0, 0.1) is 0 Å². The maximum atomic E-state index is 11.0. The van der Waals surface area contributed by atoms with Crippen LogP contribution < -0.4 is 0 Å². The predicted octanol–water partition coefficient (Wildman–Crippen LogP) is 4.20. The highest BCUT2D eigenvalue weighted by molar-refractivity contribution is 5.89. The highest BCUT2D eigenvalue weighted by Crippen LogP contribution is 2.17. The van der Waals surface area contributed by atoms with Gasteiger partial charge in [-0.05, 0) is 37.0 Å². The molecule has 0 saturated carbocycles. The smallest absolute Gasteiger partial charge is 0.354 e. The van der Waals surface area contributed by atoms with Gasteiger partial charge in [-0.3, -0.25) is 0 Å². The number of pyridine rings is 1. The average Bonchev–Trinajstić information content (AvgIpc) is 2.56. The largest absolute Gasteiger partial charge is 0.477 e.